The highest BCUT2D eigenvalue weighted by atomic mass is 16.6. The zero-order valence-corrected chi connectivity index (χ0v) is 10.6. The first-order valence-electron chi connectivity index (χ1n) is 6.27. The third kappa shape index (κ3) is 3.97. The molecule has 0 saturated heterocycles. The number of hydrogen-bond acceptors (Lipinski definition) is 4. The van der Waals surface area contributed by atoms with E-state index in [9.17, 15) is 10.1 Å². The van der Waals surface area contributed by atoms with E-state index in [4.69, 9.17) is 11.2 Å². The lowest BCUT2D eigenvalue weighted by molar-refractivity contribution is -0.384. The fourth-order valence-corrected chi connectivity index (χ4v) is 1.72. The van der Waals surface area contributed by atoms with Gasteiger partial charge in [0.05, 0.1) is 11.5 Å². The van der Waals surface area contributed by atoms with Gasteiger partial charge in [0.25, 0.3) is 5.69 Å². The molecule has 0 aromatic heterocycles. The molecule has 5 heteroatoms. The molecule has 0 atom stereocenters. The molecule has 1 fully saturated rings. The zero-order valence-electron chi connectivity index (χ0n) is 10.6. The first-order valence-corrected chi connectivity index (χ1v) is 6.27. The maximum Gasteiger partial charge on any atom is 0.270 e. The predicted molar refractivity (Wildman–Crippen MR) is 71.9 cm³/mol. The normalized spacial score (nSPS) is 13.8. The van der Waals surface area contributed by atoms with Crippen molar-refractivity contribution in [3.63, 3.8) is 0 Å². The van der Waals surface area contributed by atoms with Gasteiger partial charge in [-0.25, -0.2) is 0 Å². The van der Waals surface area contributed by atoms with E-state index in [-0.39, 0.29) is 5.69 Å². The quantitative estimate of drug-likeness (QED) is 0.353. The van der Waals surface area contributed by atoms with Gasteiger partial charge in [0.2, 0.25) is 0 Å². The van der Waals surface area contributed by atoms with Crippen molar-refractivity contribution in [1.29, 1.82) is 0 Å². The second-order valence-corrected chi connectivity index (χ2v) is 4.51. The van der Waals surface area contributed by atoms with Crippen LogP contribution >= 0.6 is 0 Å². The number of nitrogens with zero attached hydrogens (tertiary/aromatic N) is 1. The molecule has 5 nitrogen and oxygen atoms in total. The molecule has 0 radical (unpaired) electrons. The Balaban J connectivity index is 2.09. The van der Waals surface area contributed by atoms with Gasteiger partial charge in [-0.1, -0.05) is 0 Å². The Morgan fingerprint density at radius 3 is 2.95 bits per heavy atom. The molecule has 1 aliphatic rings. The Morgan fingerprint density at radius 2 is 2.32 bits per heavy atom. The number of nitrogens with one attached hydrogen (secondary N) is 1. The molecule has 1 N–H and O–H groups in total. The van der Waals surface area contributed by atoms with Crippen molar-refractivity contribution in [2.75, 3.05) is 6.61 Å². The number of nitro benzene ring substituents is 1. The molecule has 0 bridgehead atoms. The summed E-state index contributed by atoms with van der Waals surface area (Å²) in [6, 6.07) is 5.18. The van der Waals surface area contributed by atoms with E-state index >= 15 is 0 Å². The first-order chi connectivity index (χ1) is 9.20. The van der Waals surface area contributed by atoms with E-state index in [1.165, 1.54) is 18.9 Å². The lowest BCUT2D eigenvalue weighted by atomic mass is 10.1. The summed E-state index contributed by atoms with van der Waals surface area (Å²) in [7, 11) is 0. The van der Waals surface area contributed by atoms with Crippen molar-refractivity contribution in [3.05, 3.63) is 33.9 Å². The van der Waals surface area contributed by atoms with Crippen molar-refractivity contribution in [2.45, 2.75) is 31.8 Å². The summed E-state index contributed by atoms with van der Waals surface area (Å²) in [6.45, 7) is 1.00. The van der Waals surface area contributed by atoms with Crippen molar-refractivity contribution < 1.29 is 9.66 Å². The monoisotopic (exact) mass is 260 g/mol. The minimum absolute atomic E-state index is 0.0805. The summed E-state index contributed by atoms with van der Waals surface area (Å²) in [6.07, 6.45) is 8.03. The summed E-state index contributed by atoms with van der Waals surface area (Å²) in [5, 5.41) is 14.1. The van der Waals surface area contributed by atoms with Gasteiger partial charge < -0.3 is 10.1 Å². The van der Waals surface area contributed by atoms with Crippen molar-refractivity contribution in [1.82, 2.24) is 5.32 Å². The Labute approximate surface area is 112 Å². The average Bonchev–Trinajstić information content (AvgIpc) is 3.21. The second kappa shape index (κ2) is 6.21. The minimum atomic E-state index is -0.397. The number of non-ortho nitro benzene ring substituents is 1. The number of benzene rings is 1. The average molecular weight is 260 g/mol. The fraction of sp³-hybridized carbons (Fsp3) is 0.429. The number of hydrogen-bond donors (Lipinski definition) is 1. The topological polar surface area (TPSA) is 64.4 Å². The third-order valence-electron chi connectivity index (χ3n) is 2.92. The molecule has 100 valence electrons. The van der Waals surface area contributed by atoms with Crippen LogP contribution in [0.5, 0.6) is 5.75 Å². The van der Waals surface area contributed by atoms with Crippen LogP contribution in [0.3, 0.4) is 0 Å². The highest BCUT2D eigenvalue weighted by Gasteiger charge is 2.21. The Morgan fingerprint density at radius 1 is 1.53 bits per heavy atom. The summed E-state index contributed by atoms with van der Waals surface area (Å²) < 4.78 is 5.56. The number of nitro groups is 1. The molecule has 1 aliphatic carbocycles. The van der Waals surface area contributed by atoms with Crippen LogP contribution in [0.15, 0.2) is 18.2 Å². The number of rotatable bonds is 7. The summed E-state index contributed by atoms with van der Waals surface area (Å²) in [4.78, 5) is 10.4. The van der Waals surface area contributed by atoms with Crippen LogP contribution in [0.2, 0.25) is 0 Å². The standard InChI is InChI=1S/C14H16N2O3/c1-2-3-8-19-14-7-6-13(16(17)18)9-11(14)10-15-12-4-5-12/h1,6-7,9,12,15H,3-5,8,10H2. The van der Waals surface area contributed by atoms with E-state index in [1.54, 1.807) is 12.1 Å². The van der Waals surface area contributed by atoms with Crippen LogP contribution in [0.1, 0.15) is 24.8 Å². The maximum absolute atomic E-state index is 10.8. The highest BCUT2D eigenvalue weighted by Crippen LogP contribution is 2.26. The van der Waals surface area contributed by atoms with Gasteiger partial charge in [-0.05, 0) is 18.9 Å². The molecule has 1 aromatic rings. The number of ether oxygens (including phenoxy) is 1. The fourth-order valence-electron chi connectivity index (χ4n) is 1.72. The van der Waals surface area contributed by atoms with Crippen molar-refractivity contribution in [2.24, 2.45) is 0 Å². The van der Waals surface area contributed by atoms with Crippen LogP contribution in [0.4, 0.5) is 5.69 Å². The summed E-state index contributed by atoms with van der Waals surface area (Å²) >= 11 is 0. The molecular weight excluding hydrogens is 244 g/mol. The van der Waals surface area contributed by atoms with Crippen molar-refractivity contribution in [3.8, 4) is 18.1 Å². The molecule has 0 aliphatic heterocycles. The van der Waals surface area contributed by atoms with Crippen LogP contribution in [-0.2, 0) is 6.54 Å². The largest absolute Gasteiger partial charge is 0.492 e. The molecule has 0 unspecified atom stereocenters. The zero-order chi connectivity index (χ0) is 13.7. The van der Waals surface area contributed by atoms with Crippen LogP contribution in [0, 0.1) is 22.5 Å². The highest BCUT2D eigenvalue weighted by molar-refractivity contribution is 5.43. The summed E-state index contributed by atoms with van der Waals surface area (Å²) in [5.74, 6) is 3.16. The molecule has 1 saturated carbocycles. The SMILES string of the molecule is C#CCCOc1ccc([N+](=O)[O-])cc1CNC1CC1. The van der Waals surface area contributed by atoms with Gasteiger partial charge in [0.15, 0.2) is 0 Å². The molecule has 0 amide bonds. The summed E-state index contributed by atoms with van der Waals surface area (Å²) in [5.41, 5.74) is 0.884. The third-order valence-corrected chi connectivity index (χ3v) is 2.92. The van der Waals surface area contributed by atoms with E-state index in [1.807, 2.05) is 0 Å². The molecule has 0 spiro atoms. The maximum atomic E-state index is 10.8. The van der Waals surface area contributed by atoms with E-state index in [0.717, 1.165) is 5.56 Å². The van der Waals surface area contributed by atoms with E-state index in [0.29, 0.717) is 31.4 Å². The minimum Gasteiger partial charge on any atom is -0.492 e. The lowest BCUT2D eigenvalue weighted by Gasteiger charge is -2.11. The van der Waals surface area contributed by atoms with Gasteiger partial charge in [-0.2, -0.15) is 0 Å². The molecule has 2 rings (SSSR count). The van der Waals surface area contributed by atoms with Crippen LogP contribution in [0.25, 0.3) is 0 Å². The molecule has 1 aromatic carbocycles. The Kier molecular flexibility index (Phi) is 4.37. The number of terminal acetylenes is 1. The smallest absolute Gasteiger partial charge is 0.270 e. The van der Waals surface area contributed by atoms with Gasteiger partial charge in [0.1, 0.15) is 5.75 Å². The van der Waals surface area contributed by atoms with Gasteiger partial charge in [-0.3, -0.25) is 10.1 Å². The van der Waals surface area contributed by atoms with Gasteiger partial charge in [-0.15, -0.1) is 12.3 Å². The van der Waals surface area contributed by atoms with Gasteiger partial charge in [0, 0.05) is 36.7 Å². The Hall–Kier alpha value is -2.06. The molecule has 0 heterocycles. The first kappa shape index (κ1) is 13.4. The Bertz CT molecular complexity index is 504. The van der Waals surface area contributed by atoms with E-state index < -0.39 is 4.92 Å². The van der Waals surface area contributed by atoms with Crippen LogP contribution in [-0.4, -0.2) is 17.6 Å². The molecule has 19 heavy (non-hydrogen) atoms. The predicted octanol–water partition coefficient (Wildman–Crippen LogP) is 2.25. The molecular formula is C14H16N2O3. The van der Waals surface area contributed by atoms with Gasteiger partial charge >= 0.3 is 0 Å². The van der Waals surface area contributed by atoms with Crippen LogP contribution < -0.4 is 10.1 Å². The lowest BCUT2D eigenvalue weighted by Crippen LogP contribution is -2.16. The second-order valence-electron chi connectivity index (χ2n) is 4.51. The van der Waals surface area contributed by atoms with E-state index in [2.05, 4.69) is 11.2 Å². The van der Waals surface area contributed by atoms with Crippen molar-refractivity contribution >= 4 is 5.69 Å².